The summed E-state index contributed by atoms with van der Waals surface area (Å²) in [5.74, 6) is -0.00980. The van der Waals surface area contributed by atoms with Crippen molar-refractivity contribution in [2.75, 3.05) is 53.6 Å². The van der Waals surface area contributed by atoms with Crippen LogP contribution in [0.2, 0.25) is 0 Å². The lowest BCUT2D eigenvalue weighted by molar-refractivity contribution is -0.122. The second kappa shape index (κ2) is 8.16. The first-order valence-corrected chi connectivity index (χ1v) is 11.6. The fourth-order valence-corrected chi connectivity index (χ4v) is 4.53. The van der Waals surface area contributed by atoms with Crippen LogP contribution >= 0.6 is 0 Å². The van der Waals surface area contributed by atoms with Gasteiger partial charge in [-0.3, -0.25) is 9.10 Å². The van der Waals surface area contributed by atoms with E-state index in [1.807, 2.05) is 37.3 Å². The molecule has 160 valence electrons. The molecule has 1 atom stereocenters. The van der Waals surface area contributed by atoms with Gasteiger partial charge < -0.3 is 19.7 Å². The van der Waals surface area contributed by atoms with Gasteiger partial charge in [-0.15, -0.1) is 0 Å². The first kappa shape index (κ1) is 20.5. The number of aryl methyl sites for hydroxylation is 1. The highest BCUT2D eigenvalue weighted by Crippen LogP contribution is 2.36. The van der Waals surface area contributed by atoms with Crippen molar-refractivity contribution in [1.82, 2.24) is 0 Å². The molecule has 9 heteroatoms. The van der Waals surface area contributed by atoms with Crippen LogP contribution in [-0.2, 0) is 19.6 Å². The fraction of sp³-hybridized carbons (Fsp3) is 0.381. The molecule has 0 radical (unpaired) electrons. The maximum atomic E-state index is 12.8. The van der Waals surface area contributed by atoms with Crippen molar-refractivity contribution in [3.8, 4) is 5.75 Å². The molecule has 0 saturated carbocycles. The van der Waals surface area contributed by atoms with Gasteiger partial charge in [-0.2, -0.15) is 0 Å². The Hall–Kier alpha value is -2.78. The van der Waals surface area contributed by atoms with Gasteiger partial charge in [-0.1, -0.05) is 6.07 Å². The van der Waals surface area contributed by atoms with Crippen molar-refractivity contribution < 1.29 is 22.7 Å². The first-order valence-electron chi connectivity index (χ1n) is 9.80. The van der Waals surface area contributed by atoms with Crippen LogP contribution in [-0.4, -0.2) is 59.5 Å². The van der Waals surface area contributed by atoms with Gasteiger partial charge in [0.1, 0.15) is 5.75 Å². The third-order valence-electron chi connectivity index (χ3n) is 5.19. The highest BCUT2D eigenvalue weighted by molar-refractivity contribution is 7.92. The molecular weight excluding hydrogens is 406 g/mol. The van der Waals surface area contributed by atoms with Crippen LogP contribution in [0.5, 0.6) is 5.75 Å². The quantitative estimate of drug-likeness (QED) is 0.797. The van der Waals surface area contributed by atoms with Crippen LogP contribution in [0.25, 0.3) is 0 Å². The van der Waals surface area contributed by atoms with Crippen molar-refractivity contribution >= 4 is 33.0 Å². The summed E-state index contributed by atoms with van der Waals surface area (Å²) in [4.78, 5) is 15.1. The van der Waals surface area contributed by atoms with Gasteiger partial charge in [0.15, 0.2) is 6.10 Å². The summed E-state index contributed by atoms with van der Waals surface area (Å²) < 4.78 is 37.0. The van der Waals surface area contributed by atoms with Gasteiger partial charge in [0.2, 0.25) is 10.0 Å². The summed E-state index contributed by atoms with van der Waals surface area (Å²) in [6.45, 7) is 4.88. The number of morpholine rings is 1. The Morgan fingerprint density at radius 2 is 1.80 bits per heavy atom. The molecule has 1 amide bonds. The average molecular weight is 432 g/mol. The van der Waals surface area contributed by atoms with Crippen LogP contribution in [0.15, 0.2) is 42.5 Å². The van der Waals surface area contributed by atoms with Gasteiger partial charge in [0.05, 0.1) is 31.7 Å². The molecule has 1 N–H and O–H groups in total. The van der Waals surface area contributed by atoms with E-state index in [1.165, 1.54) is 4.31 Å². The second-order valence-electron chi connectivity index (χ2n) is 7.51. The molecule has 30 heavy (non-hydrogen) atoms. The Morgan fingerprint density at radius 1 is 1.10 bits per heavy atom. The number of anilines is 3. The molecule has 2 heterocycles. The van der Waals surface area contributed by atoms with Gasteiger partial charge in [0, 0.05) is 24.5 Å². The minimum absolute atomic E-state index is 0.0768. The number of nitrogens with one attached hydrogen (secondary N) is 1. The number of sulfonamides is 1. The number of ether oxygens (including phenoxy) is 2. The molecule has 2 aliphatic heterocycles. The summed E-state index contributed by atoms with van der Waals surface area (Å²) in [7, 11) is -3.55. The lowest BCUT2D eigenvalue weighted by Crippen LogP contribution is -2.48. The second-order valence-corrected chi connectivity index (χ2v) is 9.41. The molecule has 0 unspecified atom stereocenters. The SMILES string of the molecule is Cc1ccc2c(c1)O[C@H](C(=O)Nc1ccc(N3CCOCC3)cc1)CN2S(C)(=O)=O. The Kier molecular flexibility index (Phi) is 5.57. The van der Waals surface area contributed by atoms with Crippen LogP contribution in [0, 0.1) is 6.92 Å². The number of amides is 1. The van der Waals surface area contributed by atoms with Crippen molar-refractivity contribution in [1.29, 1.82) is 0 Å². The maximum absolute atomic E-state index is 12.8. The molecular formula is C21H25N3O5S. The monoisotopic (exact) mass is 431 g/mol. The van der Waals surface area contributed by atoms with E-state index >= 15 is 0 Å². The topological polar surface area (TPSA) is 88.2 Å². The normalized spacial score (nSPS) is 19.1. The van der Waals surface area contributed by atoms with E-state index in [2.05, 4.69) is 10.2 Å². The maximum Gasteiger partial charge on any atom is 0.267 e. The number of carbonyl (C=O) groups is 1. The van der Waals surface area contributed by atoms with Gasteiger partial charge in [-0.05, 0) is 48.9 Å². The highest BCUT2D eigenvalue weighted by atomic mass is 32.2. The number of hydrogen-bond donors (Lipinski definition) is 1. The Labute approximate surface area is 176 Å². The molecule has 2 aromatic rings. The van der Waals surface area contributed by atoms with E-state index in [0.717, 1.165) is 30.6 Å². The average Bonchev–Trinajstić information content (AvgIpc) is 2.73. The fourth-order valence-electron chi connectivity index (χ4n) is 3.61. The summed E-state index contributed by atoms with van der Waals surface area (Å²) in [6.07, 6.45) is 0.175. The number of benzene rings is 2. The minimum atomic E-state index is -3.55. The number of rotatable bonds is 4. The zero-order chi connectivity index (χ0) is 21.3. The Bertz CT molecular complexity index is 1030. The van der Waals surface area contributed by atoms with Gasteiger partial charge in [0.25, 0.3) is 5.91 Å². The van der Waals surface area contributed by atoms with Crippen LogP contribution in [0.4, 0.5) is 17.1 Å². The standard InChI is InChI=1S/C21H25N3O5S/c1-15-3-8-18-19(13-15)29-20(14-24(18)30(2,26)27)21(25)22-16-4-6-17(7-5-16)23-9-11-28-12-10-23/h3-8,13,20H,9-12,14H2,1-2H3,(H,22,25)/t20-/m0/s1. The Morgan fingerprint density at radius 3 is 2.47 bits per heavy atom. The molecule has 0 aromatic heterocycles. The third-order valence-corrected chi connectivity index (χ3v) is 6.34. The lowest BCUT2D eigenvalue weighted by atomic mass is 10.1. The largest absolute Gasteiger partial charge is 0.476 e. The van der Waals surface area contributed by atoms with E-state index in [0.29, 0.717) is 30.3 Å². The summed E-state index contributed by atoms with van der Waals surface area (Å²) in [5, 5.41) is 2.83. The molecule has 0 aliphatic carbocycles. The Balaban J connectivity index is 1.49. The summed E-state index contributed by atoms with van der Waals surface area (Å²) in [5.41, 5.74) is 3.06. The van der Waals surface area contributed by atoms with Crippen molar-refractivity contribution in [2.45, 2.75) is 13.0 Å². The van der Waals surface area contributed by atoms with Crippen molar-refractivity contribution in [3.63, 3.8) is 0 Å². The first-order chi connectivity index (χ1) is 14.3. The van der Waals surface area contributed by atoms with Crippen LogP contribution < -0.4 is 19.3 Å². The van der Waals surface area contributed by atoms with E-state index in [-0.39, 0.29) is 6.54 Å². The van der Waals surface area contributed by atoms with Crippen molar-refractivity contribution in [3.05, 3.63) is 48.0 Å². The molecule has 1 fully saturated rings. The molecule has 1 saturated heterocycles. The third kappa shape index (κ3) is 4.36. The predicted molar refractivity (Wildman–Crippen MR) is 116 cm³/mol. The van der Waals surface area contributed by atoms with E-state index in [4.69, 9.17) is 9.47 Å². The van der Waals surface area contributed by atoms with E-state index in [1.54, 1.807) is 12.1 Å². The number of hydrogen-bond acceptors (Lipinski definition) is 6. The molecule has 0 bridgehead atoms. The van der Waals surface area contributed by atoms with E-state index in [9.17, 15) is 13.2 Å². The number of carbonyl (C=O) groups excluding carboxylic acids is 1. The lowest BCUT2D eigenvalue weighted by Gasteiger charge is -2.34. The minimum Gasteiger partial charge on any atom is -0.476 e. The van der Waals surface area contributed by atoms with Crippen LogP contribution in [0.3, 0.4) is 0 Å². The van der Waals surface area contributed by atoms with Gasteiger partial charge >= 0.3 is 0 Å². The molecule has 0 spiro atoms. The van der Waals surface area contributed by atoms with Gasteiger partial charge in [-0.25, -0.2) is 8.42 Å². The zero-order valence-electron chi connectivity index (χ0n) is 17.0. The molecule has 8 nitrogen and oxygen atoms in total. The predicted octanol–water partition coefficient (Wildman–Crippen LogP) is 2.00. The summed E-state index contributed by atoms with van der Waals surface area (Å²) >= 11 is 0. The van der Waals surface area contributed by atoms with Crippen molar-refractivity contribution in [2.24, 2.45) is 0 Å². The smallest absolute Gasteiger partial charge is 0.267 e. The molecule has 4 rings (SSSR count). The van der Waals surface area contributed by atoms with E-state index < -0.39 is 22.0 Å². The number of nitrogens with zero attached hydrogens (tertiary/aromatic N) is 2. The molecule has 2 aliphatic rings. The zero-order valence-corrected chi connectivity index (χ0v) is 17.8. The van der Waals surface area contributed by atoms with Crippen LogP contribution in [0.1, 0.15) is 5.56 Å². The summed E-state index contributed by atoms with van der Waals surface area (Å²) in [6, 6.07) is 12.8. The highest BCUT2D eigenvalue weighted by Gasteiger charge is 2.35. The number of fused-ring (bicyclic) bond motifs is 1. The molecule has 2 aromatic carbocycles.